The summed E-state index contributed by atoms with van der Waals surface area (Å²) in [5, 5.41) is 9.97. The molecule has 19 heavy (non-hydrogen) atoms. The Morgan fingerprint density at radius 2 is 2.21 bits per heavy atom. The van der Waals surface area contributed by atoms with Crippen molar-refractivity contribution in [2.24, 2.45) is 0 Å². The lowest BCUT2D eigenvalue weighted by molar-refractivity contribution is 0.199. The van der Waals surface area contributed by atoms with E-state index < -0.39 is 6.10 Å². The van der Waals surface area contributed by atoms with Gasteiger partial charge in [0.05, 0.1) is 6.10 Å². The van der Waals surface area contributed by atoms with Gasteiger partial charge >= 0.3 is 0 Å². The monoisotopic (exact) mass is 326 g/mol. The van der Waals surface area contributed by atoms with Crippen LogP contribution in [0.1, 0.15) is 31.4 Å². The van der Waals surface area contributed by atoms with E-state index in [-0.39, 0.29) is 0 Å². The van der Waals surface area contributed by atoms with Crippen molar-refractivity contribution >= 4 is 21.6 Å². The van der Waals surface area contributed by atoms with Crippen molar-refractivity contribution < 1.29 is 5.11 Å². The minimum Gasteiger partial charge on any atom is -0.389 e. The first-order valence-corrected chi connectivity index (χ1v) is 7.67. The number of halogens is 1. The van der Waals surface area contributed by atoms with Crippen LogP contribution in [0.4, 0.5) is 5.69 Å². The molecule has 0 aliphatic carbocycles. The Labute approximate surface area is 124 Å². The number of likely N-dealkylation sites (tertiary alicyclic amines) is 1. The van der Waals surface area contributed by atoms with Gasteiger partial charge in [-0.2, -0.15) is 0 Å². The Hall–Kier alpha value is -0.580. The smallest absolute Gasteiger partial charge is 0.0782 e. The van der Waals surface area contributed by atoms with Gasteiger partial charge in [-0.1, -0.05) is 15.9 Å². The predicted molar refractivity (Wildman–Crippen MR) is 83.7 cm³/mol. The third-order valence-electron chi connectivity index (χ3n) is 3.97. The normalized spacial score (nSPS) is 22.3. The van der Waals surface area contributed by atoms with Crippen LogP contribution in [0, 0.1) is 0 Å². The molecule has 0 spiro atoms. The molecule has 1 N–H and O–H groups in total. The Kier molecular flexibility index (Phi) is 4.87. The average molecular weight is 327 g/mol. The van der Waals surface area contributed by atoms with Crippen LogP contribution in [0.15, 0.2) is 22.7 Å². The van der Waals surface area contributed by atoms with Crippen molar-refractivity contribution in [1.29, 1.82) is 0 Å². The fourth-order valence-electron chi connectivity index (χ4n) is 2.83. The van der Waals surface area contributed by atoms with E-state index in [1.54, 1.807) is 0 Å². The summed E-state index contributed by atoms with van der Waals surface area (Å²) >= 11 is 3.48. The number of hydrogen-bond donors (Lipinski definition) is 1. The molecule has 0 saturated carbocycles. The summed E-state index contributed by atoms with van der Waals surface area (Å²) in [6, 6.07) is 6.69. The Morgan fingerprint density at radius 3 is 2.84 bits per heavy atom. The second kappa shape index (κ2) is 6.25. The number of anilines is 1. The second-order valence-electron chi connectivity index (χ2n) is 5.55. The molecule has 0 aromatic heterocycles. The SMILES string of the molecule is CC(O)c1cc(Br)ccc1N(C)C1CCCN(C)C1. The molecule has 2 rings (SSSR count). The molecule has 3 nitrogen and oxygen atoms in total. The quantitative estimate of drug-likeness (QED) is 0.924. The lowest BCUT2D eigenvalue weighted by Gasteiger charge is -2.38. The number of hydrogen-bond acceptors (Lipinski definition) is 3. The first-order chi connectivity index (χ1) is 8.99. The number of benzene rings is 1. The molecular weight excluding hydrogens is 304 g/mol. The molecule has 4 heteroatoms. The summed E-state index contributed by atoms with van der Waals surface area (Å²) in [6.07, 6.45) is 2.01. The molecular formula is C15H23BrN2O. The Morgan fingerprint density at radius 1 is 1.47 bits per heavy atom. The van der Waals surface area contributed by atoms with Crippen LogP contribution in [0.5, 0.6) is 0 Å². The van der Waals surface area contributed by atoms with E-state index in [4.69, 9.17) is 0 Å². The Balaban J connectivity index is 2.25. The highest BCUT2D eigenvalue weighted by Gasteiger charge is 2.23. The average Bonchev–Trinajstić information content (AvgIpc) is 2.37. The number of aliphatic hydroxyl groups excluding tert-OH is 1. The van der Waals surface area contributed by atoms with Crippen LogP contribution >= 0.6 is 15.9 Å². The highest BCUT2D eigenvalue weighted by atomic mass is 79.9. The molecule has 1 aromatic rings. The molecule has 1 fully saturated rings. The summed E-state index contributed by atoms with van der Waals surface area (Å²) in [5.41, 5.74) is 2.13. The fourth-order valence-corrected chi connectivity index (χ4v) is 3.21. The lowest BCUT2D eigenvalue weighted by atomic mass is 10.0. The zero-order chi connectivity index (χ0) is 14.0. The molecule has 1 heterocycles. The largest absolute Gasteiger partial charge is 0.389 e. The van der Waals surface area contributed by atoms with E-state index in [1.807, 2.05) is 19.1 Å². The molecule has 0 amide bonds. The van der Waals surface area contributed by atoms with E-state index in [0.717, 1.165) is 22.3 Å². The minimum atomic E-state index is -0.448. The van der Waals surface area contributed by atoms with E-state index >= 15 is 0 Å². The zero-order valence-corrected chi connectivity index (χ0v) is 13.5. The van der Waals surface area contributed by atoms with E-state index in [9.17, 15) is 5.11 Å². The van der Waals surface area contributed by atoms with Crippen LogP contribution in [0.3, 0.4) is 0 Å². The van der Waals surface area contributed by atoms with Gasteiger partial charge in [0.2, 0.25) is 0 Å². The summed E-state index contributed by atoms with van der Waals surface area (Å²) in [6.45, 7) is 4.10. The molecule has 2 atom stereocenters. The van der Waals surface area contributed by atoms with Gasteiger partial charge in [-0.15, -0.1) is 0 Å². The predicted octanol–water partition coefficient (Wildman–Crippen LogP) is 3.03. The van der Waals surface area contributed by atoms with Crippen molar-refractivity contribution in [1.82, 2.24) is 4.90 Å². The summed E-state index contributed by atoms with van der Waals surface area (Å²) in [4.78, 5) is 4.70. The third-order valence-corrected chi connectivity index (χ3v) is 4.46. The Bertz CT molecular complexity index is 436. The molecule has 1 aromatic carbocycles. The maximum Gasteiger partial charge on any atom is 0.0782 e. The van der Waals surface area contributed by atoms with Crippen molar-refractivity contribution in [3.63, 3.8) is 0 Å². The van der Waals surface area contributed by atoms with Gasteiger partial charge in [0, 0.05) is 35.4 Å². The first kappa shape index (κ1) is 14.8. The van der Waals surface area contributed by atoms with Gasteiger partial charge in [0.15, 0.2) is 0 Å². The highest BCUT2D eigenvalue weighted by molar-refractivity contribution is 9.10. The van der Waals surface area contributed by atoms with Crippen LogP contribution in [0.25, 0.3) is 0 Å². The van der Waals surface area contributed by atoms with Gasteiger partial charge in [0.1, 0.15) is 0 Å². The molecule has 1 aliphatic heterocycles. The number of rotatable bonds is 3. The topological polar surface area (TPSA) is 26.7 Å². The highest BCUT2D eigenvalue weighted by Crippen LogP contribution is 2.31. The van der Waals surface area contributed by atoms with Crippen LogP contribution in [-0.2, 0) is 0 Å². The van der Waals surface area contributed by atoms with E-state index in [2.05, 4.69) is 45.9 Å². The fraction of sp³-hybridized carbons (Fsp3) is 0.600. The van der Waals surface area contributed by atoms with Gasteiger partial charge in [-0.05, 0) is 51.6 Å². The number of likely N-dealkylation sites (N-methyl/N-ethyl adjacent to an activating group) is 2. The van der Waals surface area contributed by atoms with Gasteiger partial charge in [-0.3, -0.25) is 0 Å². The molecule has 106 valence electrons. The molecule has 0 radical (unpaired) electrons. The lowest BCUT2D eigenvalue weighted by Crippen LogP contribution is -2.45. The first-order valence-electron chi connectivity index (χ1n) is 6.88. The van der Waals surface area contributed by atoms with Crippen molar-refractivity contribution in [2.75, 3.05) is 32.1 Å². The number of nitrogens with zero attached hydrogens (tertiary/aromatic N) is 2. The second-order valence-corrected chi connectivity index (χ2v) is 6.46. The van der Waals surface area contributed by atoms with Gasteiger partial charge < -0.3 is 14.9 Å². The van der Waals surface area contributed by atoms with E-state index in [0.29, 0.717) is 6.04 Å². The standard InChI is InChI=1S/C15H23BrN2O/c1-11(19)14-9-12(16)6-7-15(14)18(3)13-5-4-8-17(2)10-13/h6-7,9,11,13,19H,4-5,8,10H2,1-3H3. The number of piperidine rings is 1. The summed E-state index contributed by atoms with van der Waals surface area (Å²) in [7, 11) is 4.32. The summed E-state index contributed by atoms with van der Waals surface area (Å²) < 4.78 is 1.02. The van der Waals surface area contributed by atoms with Crippen molar-refractivity contribution in [3.8, 4) is 0 Å². The van der Waals surface area contributed by atoms with Crippen LogP contribution in [-0.4, -0.2) is 43.2 Å². The van der Waals surface area contributed by atoms with Crippen LogP contribution in [0.2, 0.25) is 0 Å². The van der Waals surface area contributed by atoms with Gasteiger partial charge in [-0.25, -0.2) is 0 Å². The zero-order valence-electron chi connectivity index (χ0n) is 11.9. The maximum absolute atomic E-state index is 9.97. The summed E-state index contributed by atoms with van der Waals surface area (Å²) in [5.74, 6) is 0. The van der Waals surface area contributed by atoms with E-state index in [1.165, 1.54) is 19.4 Å². The maximum atomic E-state index is 9.97. The third kappa shape index (κ3) is 3.50. The van der Waals surface area contributed by atoms with Gasteiger partial charge in [0.25, 0.3) is 0 Å². The molecule has 1 saturated heterocycles. The van der Waals surface area contributed by atoms with Crippen molar-refractivity contribution in [3.05, 3.63) is 28.2 Å². The van der Waals surface area contributed by atoms with Crippen LogP contribution < -0.4 is 4.90 Å². The molecule has 1 aliphatic rings. The minimum absolute atomic E-state index is 0.448. The molecule has 0 bridgehead atoms. The number of aliphatic hydroxyl groups is 1. The van der Waals surface area contributed by atoms with Crippen molar-refractivity contribution in [2.45, 2.75) is 31.9 Å². The molecule has 2 unspecified atom stereocenters.